The second-order valence-corrected chi connectivity index (χ2v) is 5.32. The number of piperidine rings is 1. The van der Waals surface area contributed by atoms with Crippen LogP contribution in [0.2, 0.25) is 0 Å². The van der Waals surface area contributed by atoms with Crippen molar-refractivity contribution in [3.63, 3.8) is 0 Å². The van der Waals surface area contributed by atoms with Gasteiger partial charge in [0.25, 0.3) is 0 Å². The zero-order valence-corrected chi connectivity index (χ0v) is 11.5. The minimum atomic E-state index is -0.642. The van der Waals surface area contributed by atoms with Gasteiger partial charge >= 0.3 is 5.97 Å². The predicted octanol–water partition coefficient (Wildman–Crippen LogP) is 3.10. The van der Waals surface area contributed by atoms with Gasteiger partial charge in [0.15, 0.2) is 0 Å². The Labute approximate surface area is 108 Å². The molecule has 4 heteroatoms. The van der Waals surface area contributed by atoms with Gasteiger partial charge in [-0.3, -0.25) is 9.69 Å². The van der Waals surface area contributed by atoms with Crippen LogP contribution in [-0.2, 0) is 4.79 Å². The zero-order valence-electron chi connectivity index (χ0n) is 10.7. The van der Waals surface area contributed by atoms with E-state index in [0.29, 0.717) is 6.54 Å². The molecule has 0 radical (unpaired) electrons. The Morgan fingerprint density at radius 3 is 2.82 bits per heavy atom. The molecular formula is C13H22ClNO2. The number of hydrogen-bond acceptors (Lipinski definition) is 2. The summed E-state index contributed by atoms with van der Waals surface area (Å²) >= 11 is 5.66. The molecule has 3 nitrogen and oxygen atoms in total. The Balaban J connectivity index is 2.71. The Morgan fingerprint density at radius 2 is 2.29 bits per heavy atom. The lowest BCUT2D eigenvalue weighted by Gasteiger charge is -2.40. The lowest BCUT2D eigenvalue weighted by molar-refractivity contribution is -0.153. The maximum Gasteiger partial charge on any atom is 0.310 e. The lowest BCUT2D eigenvalue weighted by atomic mass is 9.76. The number of halogens is 1. The van der Waals surface area contributed by atoms with Crippen LogP contribution < -0.4 is 0 Å². The quantitative estimate of drug-likeness (QED) is 0.825. The highest BCUT2D eigenvalue weighted by Gasteiger charge is 2.41. The Morgan fingerprint density at radius 1 is 1.59 bits per heavy atom. The molecule has 0 aromatic heterocycles. The standard InChI is InChI=1S/C13H22ClNO2/c1-3-5-13(12(16)17)6-4-7-15(10-13)9-11(2)8-14/h8H,3-7,9-10H2,1-2H3,(H,16,17). The molecule has 1 fully saturated rings. The molecule has 0 aliphatic carbocycles. The average Bonchev–Trinajstić information content (AvgIpc) is 2.29. The second kappa shape index (κ2) is 6.41. The van der Waals surface area contributed by atoms with E-state index < -0.39 is 11.4 Å². The Bertz CT molecular complexity index is 300. The monoisotopic (exact) mass is 259 g/mol. The van der Waals surface area contributed by atoms with E-state index in [4.69, 9.17) is 11.6 Å². The molecule has 1 heterocycles. The van der Waals surface area contributed by atoms with Crippen LogP contribution in [0.25, 0.3) is 0 Å². The maximum absolute atomic E-state index is 11.5. The molecule has 0 saturated carbocycles. The van der Waals surface area contributed by atoms with Crippen molar-refractivity contribution in [2.24, 2.45) is 5.41 Å². The van der Waals surface area contributed by atoms with Gasteiger partial charge in [0.05, 0.1) is 5.41 Å². The van der Waals surface area contributed by atoms with Crippen LogP contribution >= 0.6 is 11.6 Å². The number of aliphatic carboxylic acids is 1. The molecule has 0 aromatic carbocycles. The SMILES string of the molecule is CCCC1(C(=O)O)CCCN(CC(C)=CCl)C1. The van der Waals surface area contributed by atoms with Crippen LogP contribution in [-0.4, -0.2) is 35.6 Å². The van der Waals surface area contributed by atoms with Crippen molar-refractivity contribution >= 4 is 17.6 Å². The van der Waals surface area contributed by atoms with Crippen LogP contribution in [0.15, 0.2) is 11.1 Å². The predicted molar refractivity (Wildman–Crippen MR) is 70.3 cm³/mol. The van der Waals surface area contributed by atoms with Crippen LogP contribution in [0, 0.1) is 5.41 Å². The van der Waals surface area contributed by atoms with Gasteiger partial charge in [0.1, 0.15) is 0 Å². The summed E-state index contributed by atoms with van der Waals surface area (Å²) < 4.78 is 0. The van der Waals surface area contributed by atoms with E-state index in [9.17, 15) is 9.90 Å². The van der Waals surface area contributed by atoms with Crippen molar-refractivity contribution in [1.82, 2.24) is 4.90 Å². The maximum atomic E-state index is 11.5. The highest BCUT2D eigenvalue weighted by molar-refractivity contribution is 6.25. The van der Waals surface area contributed by atoms with Gasteiger partial charge in [-0.05, 0) is 38.3 Å². The van der Waals surface area contributed by atoms with Crippen molar-refractivity contribution in [3.8, 4) is 0 Å². The van der Waals surface area contributed by atoms with E-state index in [-0.39, 0.29) is 0 Å². The number of likely N-dealkylation sites (tertiary alicyclic amines) is 1. The molecule has 0 aromatic rings. The largest absolute Gasteiger partial charge is 0.481 e. The van der Waals surface area contributed by atoms with Gasteiger partial charge in [-0.2, -0.15) is 0 Å². The summed E-state index contributed by atoms with van der Waals surface area (Å²) in [6.45, 7) is 6.43. The molecule has 0 amide bonds. The number of hydrogen-bond donors (Lipinski definition) is 1. The van der Waals surface area contributed by atoms with E-state index in [1.807, 2.05) is 13.8 Å². The zero-order chi connectivity index (χ0) is 12.9. The van der Waals surface area contributed by atoms with Crippen molar-refractivity contribution in [3.05, 3.63) is 11.1 Å². The normalized spacial score (nSPS) is 27.1. The van der Waals surface area contributed by atoms with Crippen molar-refractivity contribution in [2.45, 2.75) is 39.5 Å². The number of rotatable bonds is 5. The van der Waals surface area contributed by atoms with E-state index in [0.717, 1.165) is 44.3 Å². The Kier molecular flexibility index (Phi) is 5.47. The molecule has 1 aliphatic heterocycles. The second-order valence-electron chi connectivity index (χ2n) is 5.11. The molecule has 1 saturated heterocycles. The van der Waals surface area contributed by atoms with Gasteiger partial charge in [-0.25, -0.2) is 0 Å². The van der Waals surface area contributed by atoms with Gasteiger partial charge in [0, 0.05) is 18.6 Å². The van der Waals surface area contributed by atoms with E-state index in [2.05, 4.69) is 4.90 Å². The summed E-state index contributed by atoms with van der Waals surface area (Å²) in [4.78, 5) is 13.7. The highest BCUT2D eigenvalue weighted by atomic mass is 35.5. The number of carboxylic acid groups (broad SMARTS) is 1. The molecule has 1 N–H and O–H groups in total. The molecule has 1 rings (SSSR count). The molecule has 1 unspecified atom stereocenters. The van der Waals surface area contributed by atoms with E-state index in [1.54, 1.807) is 5.54 Å². The summed E-state index contributed by atoms with van der Waals surface area (Å²) in [5.74, 6) is -0.642. The topological polar surface area (TPSA) is 40.5 Å². The number of nitrogens with zero attached hydrogens (tertiary/aromatic N) is 1. The molecular weight excluding hydrogens is 238 g/mol. The van der Waals surface area contributed by atoms with Crippen molar-refractivity contribution < 1.29 is 9.90 Å². The summed E-state index contributed by atoms with van der Waals surface area (Å²) in [5, 5.41) is 9.46. The smallest absolute Gasteiger partial charge is 0.310 e. The van der Waals surface area contributed by atoms with E-state index in [1.165, 1.54) is 0 Å². The third-order valence-electron chi connectivity index (χ3n) is 3.50. The summed E-state index contributed by atoms with van der Waals surface area (Å²) in [7, 11) is 0. The van der Waals surface area contributed by atoms with Crippen LogP contribution in [0.4, 0.5) is 0 Å². The molecule has 98 valence electrons. The van der Waals surface area contributed by atoms with Gasteiger partial charge in [-0.1, -0.05) is 24.9 Å². The summed E-state index contributed by atoms with van der Waals surface area (Å²) in [6.07, 6.45) is 3.45. The fraction of sp³-hybridized carbons (Fsp3) is 0.769. The van der Waals surface area contributed by atoms with E-state index >= 15 is 0 Å². The minimum absolute atomic E-state index is 0.542. The first-order valence-electron chi connectivity index (χ1n) is 6.25. The molecule has 17 heavy (non-hydrogen) atoms. The van der Waals surface area contributed by atoms with Crippen molar-refractivity contribution in [1.29, 1.82) is 0 Å². The molecule has 1 aliphatic rings. The molecule has 1 atom stereocenters. The van der Waals surface area contributed by atoms with Crippen LogP contribution in [0.5, 0.6) is 0 Å². The number of carbonyl (C=O) groups is 1. The average molecular weight is 260 g/mol. The van der Waals surface area contributed by atoms with Crippen LogP contribution in [0.1, 0.15) is 39.5 Å². The first-order valence-corrected chi connectivity index (χ1v) is 6.69. The van der Waals surface area contributed by atoms with Gasteiger partial charge in [-0.15, -0.1) is 0 Å². The molecule has 0 spiro atoms. The summed E-state index contributed by atoms with van der Waals surface area (Å²) in [5.41, 5.74) is 2.13. The fourth-order valence-corrected chi connectivity index (χ4v) is 2.78. The number of carboxylic acids is 1. The summed E-state index contributed by atoms with van der Waals surface area (Å²) in [6, 6.07) is 0. The minimum Gasteiger partial charge on any atom is -0.481 e. The lowest BCUT2D eigenvalue weighted by Crippen LogP contribution is -2.48. The fourth-order valence-electron chi connectivity index (χ4n) is 2.71. The van der Waals surface area contributed by atoms with Crippen molar-refractivity contribution in [2.75, 3.05) is 19.6 Å². The first-order chi connectivity index (χ1) is 8.04. The highest BCUT2D eigenvalue weighted by Crippen LogP contribution is 2.35. The van der Waals surface area contributed by atoms with Gasteiger partial charge in [0.2, 0.25) is 0 Å². The molecule has 0 bridgehead atoms. The third kappa shape index (κ3) is 3.71. The Hall–Kier alpha value is -0.540. The van der Waals surface area contributed by atoms with Crippen LogP contribution in [0.3, 0.4) is 0 Å². The third-order valence-corrected chi connectivity index (χ3v) is 3.87. The first kappa shape index (κ1) is 14.5. The van der Waals surface area contributed by atoms with Gasteiger partial charge < -0.3 is 5.11 Å².